The Morgan fingerprint density at radius 3 is 2.91 bits per heavy atom. The fourth-order valence-electron chi connectivity index (χ4n) is 2.15. The Labute approximate surface area is 133 Å². The number of rotatable bonds is 5. The van der Waals surface area contributed by atoms with E-state index in [4.69, 9.17) is 0 Å². The molecule has 2 aromatic heterocycles. The number of aromatic nitrogens is 3. The topological polar surface area (TPSA) is 79.8 Å². The third-order valence-corrected chi connectivity index (χ3v) is 3.20. The summed E-state index contributed by atoms with van der Waals surface area (Å²) < 4.78 is 0. The van der Waals surface area contributed by atoms with E-state index in [-0.39, 0.29) is 11.6 Å². The van der Waals surface area contributed by atoms with Crippen molar-refractivity contribution in [3.8, 4) is 0 Å². The van der Waals surface area contributed by atoms with Gasteiger partial charge in [-0.15, -0.1) is 6.58 Å². The van der Waals surface area contributed by atoms with E-state index in [1.54, 1.807) is 18.3 Å². The lowest BCUT2D eigenvalue weighted by Gasteiger charge is -2.09. The first kappa shape index (κ1) is 14.6. The van der Waals surface area contributed by atoms with E-state index in [9.17, 15) is 4.79 Å². The summed E-state index contributed by atoms with van der Waals surface area (Å²) in [5.74, 6) is 0.258. The second-order valence-corrected chi connectivity index (χ2v) is 4.79. The molecule has 1 aromatic carbocycles. The van der Waals surface area contributed by atoms with E-state index in [2.05, 4.69) is 32.2 Å². The average Bonchev–Trinajstić information content (AvgIpc) is 2.60. The number of benzene rings is 1. The Hall–Kier alpha value is -3.28. The molecule has 2 heterocycles. The smallest absolute Gasteiger partial charge is 0.270 e. The molecule has 0 atom stereocenters. The summed E-state index contributed by atoms with van der Waals surface area (Å²) >= 11 is 0. The van der Waals surface area contributed by atoms with Crippen LogP contribution in [0.15, 0.2) is 61.6 Å². The number of carbonyl (C=O) groups is 1. The maximum atomic E-state index is 11.9. The van der Waals surface area contributed by atoms with Gasteiger partial charge in [-0.05, 0) is 12.1 Å². The summed E-state index contributed by atoms with van der Waals surface area (Å²) in [5, 5.41) is 6.89. The molecule has 0 aliphatic heterocycles. The number of para-hydroxylation sites is 1. The molecule has 2 N–H and O–H groups in total. The number of hydrogen-bond acceptors (Lipinski definition) is 5. The summed E-state index contributed by atoms with van der Waals surface area (Å²) in [7, 11) is 0. The van der Waals surface area contributed by atoms with Gasteiger partial charge in [-0.25, -0.2) is 9.97 Å². The molecule has 114 valence electrons. The highest BCUT2D eigenvalue weighted by molar-refractivity contribution is 5.94. The standard InChI is InChI=1S/C17H15N5O/c1-2-8-19-17(23)14-10-15(21-11-20-14)22-13-7-3-5-12-6-4-9-18-16(12)13/h2-7,9-11H,1,8H2,(H,19,23)(H,20,21,22). The van der Waals surface area contributed by atoms with E-state index in [0.717, 1.165) is 16.6 Å². The van der Waals surface area contributed by atoms with Crippen LogP contribution in [0.3, 0.4) is 0 Å². The van der Waals surface area contributed by atoms with Gasteiger partial charge in [-0.1, -0.05) is 24.3 Å². The van der Waals surface area contributed by atoms with Crippen LogP contribution < -0.4 is 10.6 Å². The van der Waals surface area contributed by atoms with Gasteiger partial charge in [0.2, 0.25) is 0 Å². The number of nitrogens with one attached hydrogen (secondary N) is 2. The van der Waals surface area contributed by atoms with E-state index in [1.165, 1.54) is 6.33 Å². The number of nitrogens with zero attached hydrogens (tertiary/aromatic N) is 3. The minimum atomic E-state index is -0.272. The van der Waals surface area contributed by atoms with Gasteiger partial charge >= 0.3 is 0 Å². The Kier molecular flexibility index (Phi) is 4.24. The predicted molar refractivity (Wildman–Crippen MR) is 89.6 cm³/mol. The molecule has 0 fully saturated rings. The van der Waals surface area contributed by atoms with Crippen LogP contribution in [0.5, 0.6) is 0 Å². The molecule has 0 saturated heterocycles. The molecule has 0 aliphatic rings. The van der Waals surface area contributed by atoms with Gasteiger partial charge in [-0.2, -0.15) is 0 Å². The number of hydrogen-bond donors (Lipinski definition) is 2. The first-order valence-electron chi connectivity index (χ1n) is 7.10. The van der Waals surface area contributed by atoms with E-state index >= 15 is 0 Å². The van der Waals surface area contributed by atoms with Crippen molar-refractivity contribution in [2.45, 2.75) is 0 Å². The van der Waals surface area contributed by atoms with Crippen molar-refractivity contribution in [2.75, 3.05) is 11.9 Å². The molecule has 6 nitrogen and oxygen atoms in total. The molecule has 0 bridgehead atoms. The zero-order valence-corrected chi connectivity index (χ0v) is 12.4. The molecule has 23 heavy (non-hydrogen) atoms. The van der Waals surface area contributed by atoms with Gasteiger partial charge in [0.15, 0.2) is 0 Å². The number of anilines is 2. The third-order valence-electron chi connectivity index (χ3n) is 3.20. The van der Waals surface area contributed by atoms with Gasteiger partial charge in [-0.3, -0.25) is 9.78 Å². The highest BCUT2D eigenvalue weighted by Crippen LogP contribution is 2.23. The average molecular weight is 305 g/mol. The number of carbonyl (C=O) groups excluding carboxylic acids is 1. The van der Waals surface area contributed by atoms with E-state index in [1.807, 2.05) is 30.3 Å². The van der Waals surface area contributed by atoms with Crippen LogP contribution in [0.2, 0.25) is 0 Å². The van der Waals surface area contributed by atoms with Gasteiger partial charge in [0.25, 0.3) is 5.91 Å². The van der Waals surface area contributed by atoms with Crippen LogP contribution in [-0.4, -0.2) is 27.4 Å². The lowest BCUT2D eigenvalue weighted by atomic mass is 10.2. The van der Waals surface area contributed by atoms with E-state index in [0.29, 0.717) is 12.4 Å². The molecular weight excluding hydrogens is 290 g/mol. The van der Waals surface area contributed by atoms with Crippen LogP contribution in [0.1, 0.15) is 10.5 Å². The fourth-order valence-corrected chi connectivity index (χ4v) is 2.15. The summed E-state index contributed by atoms with van der Waals surface area (Å²) in [6, 6.07) is 11.3. The zero-order chi connectivity index (χ0) is 16.1. The summed E-state index contributed by atoms with van der Waals surface area (Å²) in [6.45, 7) is 3.95. The summed E-state index contributed by atoms with van der Waals surface area (Å²) in [6.07, 6.45) is 4.70. The second kappa shape index (κ2) is 6.65. The van der Waals surface area contributed by atoms with Gasteiger partial charge < -0.3 is 10.6 Å². The molecule has 3 rings (SSSR count). The van der Waals surface area contributed by atoms with Crippen LogP contribution >= 0.6 is 0 Å². The predicted octanol–water partition coefficient (Wildman–Crippen LogP) is 2.68. The Morgan fingerprint density at radius 1 is 1.17 bits per heavy atom. The van der Waals surface area contributed by atoms with Crippen molar-refractivity contribution in [3.63, 3.8) is 0 Å². The molecule has 0 radical (unpaired) electrons. The van der Waals surface area contributed by atoms with Crippen molar-refractivity contribution < 1.29 is 4.79 Å². The maximum Gasteiger partial charge on any atom is 0.270 e. The summed E-state index contributed by atoms with van der Waals surface area (Å²) in [5.41, 5.74) is 1.95. The summed E-state index contributed by atoms with van der Waals surface area (Å²) in [4.78, 5) is 24.4. The lowest BCUT2D eigenvalue weighted by molar-refractivity contribution is 0.0953. The minimum Gasteiger partial charge on any atom is -0.347 e. The van der Waals surface area contributed by atoms with E-state index < -0.39 is 0 Å². The molecule has 0 saturated carbocycles. The van der Waals surface area contributed by atoms with Crippen molar-refractivity contribution in [1.82, 2.24) is 20.3 Å². The van der Waals surface area contributed by atoms with Crippen LogP contribution in [-0.2, 0) is 0 Å². The van der Waals surface area contributed by atoms with Crippen LogP contribution in [0, 0.1) is 0 Å². The molecule has 0 aliphatic carbocycles. The SMILES string of the molecule is C=CCNC(=O)c1cc(Nc2cccc3cccnc23)ncn1. The normalized spacial score (nSPS) is 10.3. The second-order valence-electron chi connectivity index (χ2n) is 4.79. The highest BCUT2D eigenvalue weighted by Gasteiger charge is 2.09. The molecule has 0 spiro atoms. The number of fused-ring (bicyclic) bond motifs is 1. The monoisotopic (exact) mass is 305 g/mol. The zero-order valence-electron chi connectivity index (χ0n) is 12.4. The van der Waals surface area contributed by atoms with Crippen LogP contribution in [0.25, 0.3) is 10.9 Å². The number of amides is 1. The molecule has 6 heteroatoms. The van der Waals surface area contributed by atoms with Gasteiger partial charge in [0.05, 0.1) is 11.2 Å². The largest absolute Gasteiger partial charge is 0.347 e. The van der Waals surface area contributed by atoms with Gasteiger partial charge in [0, 0.05) is 24.2 Å². The Bertz CT molecular complexity index is 857. The fraction of sp³-hybridized carbons (Fsp3) is 0.0588. The molecule has 0 unspecified atom stereocenters. The van der Waals surface area contributed by atoms with Crippen molar-refractivity contribution in [2.24, 2.45) is 0 Å². The Morgan fingerprint density at radius 2 is 2.04 bits per heavy atom. The number of pyridine rings is 1. The third kappa shape index (κ3) is 3.32. The molecular formula is C17H15N5O. The quantitative estimate of drug-likeness (QED) is 0.708. The first-order chi connectivity index (χ1) is 11.3. The Balaban J connectivity index is 1.88. The lowest BCUT2D eigenvalue weighted by Crippen LogP contribution is -2.24. The molecule has 1 amide bonds. The highest BCUT2D eigenvalue weighted by atomic mass is 16.1. The maximum absolute atomic E-state index is 11.9. The van der Waals surface area contributed by atoms with Crippen molar-refractivity contribution >= 4 is 28.3 Å². The van der Waals surface area contributed by atoms with Gasteiger partial charge in [0.1, 0.15) is 17.8 Å². The van der Waals surface area contributed by atoms with Crippen LogP contribution in [0.4, 0.5) is 11.5 Å². The minimum absolute atomic E-state index is 0.272. The van der Waals surface area contributed by atoms with Crippen molar-refractivity contribution in [1.29, 1.82) is 0 Å². The molecule has 3 aromatic rings. The van der Waals surface area contributed by atoms with Crippen molar-refractivity contribution in [3.05, 3.63) is 67.3 Å². The first-order valence-corrected chi connectivity index (χ1v) is 7.10.